The summed E-state index contributed by atoms with van der Waals surface area (Å²) in [7, 11) is -1.04. The van der Waals surface area contributed by atoms with Gasteiger partial charge < -0.3 is 15.0 Å². The van der Waals surface area contributed by atoms with Gasteiger partial charge in [-0.1, -0.05) is 42.5 Å². The van der Waals surface area contributed by atoms with E-state index in [1.54, 1.807) is 44.4 Å². The molecule has 3 aromatic rings. The second kappa shape index (κ2) is 11.3. The van der Waals surface area contributed by atoms with Crippen LogP contribution in [0.4, 0.5) is 0 Å². The lowest BCUT2D eigenvalue weighted by atomic mass is 10.1. The number of rotatable bonds is 9. The number of carbonyl (C=O) groups excluding carboxylic acids is 2. The lowest BCUT2D eigenvalue weighted by molar-refractivity contribution is -0.141. The van der Waals surface area contributed by atoms with E-state index < -0.39 is 34.1 Å². The summed E-state index contributed by atoms with van der Waals surface area (Å²) < 4.78 is 33.0. The summed E-state index contributed by atoms with van der Waals surface area (Å²) in [5, 5.41) is 4.61. The van der Waals surface area contributed by atoms with Gasteiger partial charge >= 0.3 is 0 Å². The van der Waals surface area contributed by atoms with E-state index >= 15 is 0 Å². The fourth-order valence-electron chi connectivity index (χ4n) is 3.90. The average Bonchev–Trinajstić information content (AvgIpc) is 2.85. The van der Waals surface area contributed by atoms with E-state index in [1.807, 2.05) is 51.1 Å². The normalized spacial score (nSPS) is 12.8. The predicted molar refractivity (Wildman–Crippen MR) is 145 cm³/mol. The van der Waals surface area contributed by atoms with Gasteiger partial charge in [0.05, 0.1) is 18.6 Å². The van der Waals surface area contributed by atoms with Crippen molar-refractivity contribution in [2.75, 3.05) is 20.7 Å². The molecule has 2 amide bonds. The number of hydrogen-bond donors (Lipinski definition) is 1. The minimum Gasteiger partial charge on any atom is -0.497 e. The van der Waals surface area contributed by atoms with Crippen molar-refractivity contribution in [3.05, 3.63) is 72.3 Å². The summed E-state index contributed by atoms with van der Waals surface area (Å²) in [5.41, 5.74) is 0.259. The van der Waals surface area contributed by atoms with Gasteiger partial charge in [0.2, 0.25) is 21.8 Å². The van der Waals surface area contributed by atoms with Gasteiger partial charge in [0.15, 0.2) is 0 Å². The lowest BCUT2D eigenvalue weighted by Gasteiger charge is -2.32. The SMILES string of the molecule is COc1cccc(CN(C(=O)CN(C)S(=O)(=O)c2ccc3ccccc3c2)C(C)C(=O)NC(C)(C)C)c1. The zero-order valence-electron chi connectivity index (χ0n) is 22.2. The van der Waals surface area contributed by atoms with Crippen LogP contribution in [-0.2, 0) is 26.2 Å². The highest BCUT2D eigenvalue weighted by Gasteiger charge is 2.31. The number of hydrogen-bond acceptors (Lipinski definition) is 5. The van der Waals surface area contributed by atoms with Gasteiger partial charge in [-0.3, -0.25) is 9.59 Å². The largest absolute Gasteiger partial charge is 0.497 e. The second-order valence-corrected chi connectivity index (χ2v) is 12.1. The molecular weight excluding hydrogens is 490 g/mol. The van der Waals surface area contributed by atoms with Gasteiger partial charge in [0, 0.05) is 19.1 Å². The maximum atomic E-state index is 13.5. The van der Waals surface area contributed by atoms with E-state index in [0.717, 1.165) is 20.6 Å². The van der Waals surface area contributed by atoms with Crippen LogP contribution in [0, 0.1) is 0 Å². The van der Waals surface area contributed by atoms with E-state index in [-0.39, 0.29) is 17.3 Å². The summed E-state index contributed by atoms with van der Waals surface area (Å²) in [6.07, 6.45) is 0. The third kappa shape index (κ3) is 7.08. The lowest BCUT2D eigenvalue weighted by Crippen LogP contribution is -2.54. The fraction of sp³-hybridized carbons (Fsp3) is 0.357. The van der Waals surface area contributed by atoms with E-state index in [4.69, 9.17) is 4.74 Å². The molecule has 0 aliphatic rings. The number of fused-ring (bicyclic) bond motifs is 1. The number of ether oxygens (including phenoxy) is 1. The molecule has 1 unspecified atom stereocenters. The van der Waals surface area contributed by atoms with Gasteiger partial charge in [0.1, 0.15) is 11.8 Å². The highest BCUT2D eigenvalue weighted by molar-refractivity contribution is 7.89. The Kier molecular flexibility index (Phi) is 8.60. The predicted octanol–water partition coefficient (Wildman–Crippen LogP) is 3.80. The highest BCUT2D eigenvalue weighted by Crippen LogP contribution is 2.22. The number of nitrogens with zero attached hydrogens (tertiary/aromatic N) is 2. The third-order valence-corrected chi connectivity index (χ3v) is 7.74. The number of likely N-dealkylation sites (N-methyl/N-ethyl adjacent to an activating group) is 1. The van der Waals surface area contributed by atoms with E-state index in [1.165, 1.54) is 18.0 Å². The van der Waals surface area contributed by atoms with Crippen LogP contribution in [0.2, 0.25) is 0 Å². The maximum absolute atomic E-state index is 13.5. The molecule has 1 N–H and O–H groups in total. The maximum Gasteiger partial charge on any atom is 0.243 e. The molecule has 0 bridgehead atoms. The van der Waals surface area contributed by atoms with E-state index in [2.05, 4.69) is 5.32 Å². The molecule has 0 aliphatic heterocycles. The minimum absolute atomic E-state index is 0.0966. The monoisotopic (exact) mass is 525 g/mol. The Bertz CT molecular complexity index is 1380. The highest BCUT2D eigenvalue weighted by atomic mass is 32.2. The summed E-state index contributed by atoms with van der Waals surface area (Å²) in [4.78, 5) is 28.0. The average molecular weight is 526 g/mol. The van der Waals surface area contributed by atoms with Crippen molar-refractivity contribution < 1.29 is 22.7 Å². The Morgan fingerprint density at radius 2 is 1.65 bits per heavy atom. The van der Waals surface area contributed by atoms with E-state index in [0.29, 0.717) is 5.75 Å². The molecule has 3 rings (SSSR count). The first kappa shape index (κ1) is 28.1. The molecule has 1 atom stereocenters. The summed E-state index contributed by atoms with van der Waals surface area (Å²) in [6, 6.07) is 18.7. The fourth-order valence-corrected chi connectivity index (χ4v) is 5.05. The Balaban J connectivity index is 1.87. The van der Waals surface area contributed by atoms with Crippen LogP contribution in [-0.4, -0.2) is 61.7 Å². The standard InChI is InChI=1S/C28H35N3O5S/c1-20(27(33)29-28(2,3)4)31(18-21-10-9-13-24(16-21)36-6)26(32)19-30(5)37(34,35)25-15-14-22-11-7-8-12-23(22)17-25/h7-17,20H,18-19H2,1-6H3,(H,29,33). The van der Waals surface area contributed by atoms with Crippen molar-refractivity contribution in [3.63, 3.8) is 0 Å². The first-order valence-corrected chi connectivity index (χ1v) is 13.5. The van der Waals surface area contributed by atoms with Crippen LogP contribution >= 0.6 is 0 Å². The summed E-state index contributed by atoms with van der Waals surface area (Å²) >= 11 is 0. The zero-order valence-corrected chi connectivity index (χ0v) is 23.0. The number of sulfonamides is 1. The smallest absolute Gasteiger partial charge is 0.243 e. The molecule has 0 radical (unpaired) electrons. The Hall–Kier alpha value is -3.43. The van der Waals surface area contributed by atoms with Gasteiger partial charge in [-0.15, -0.1) is 0 Å². The molecule has 0 heterocycles. The summed E-state index contributed by atoms with van der Waals surface area (Å²) in [5.74, 6) is -0.206. The molecule has 9 heteroatoms. The van der Waals surface area contributed by atoms with Crippen LogP contribution in [0.1, 0.15) is 33.3 Å². The number of carbonyl (C=O) groups is 2. The molecule has 0 aromatic heterocycles. The van der Waals surface area contributed by atoms with Crippen molar-refractivity contribution in [2.24, 2.45) is 0 Å². The van der Waals surface area contributed by atoms with Crippen molar-refractivity contribution >= 4 is 32.6 Å². The molecule has 198 valence electrons. The number of nitrogens with one attached hydrogen (secondary N) is 1. The molecule has 0 aliphatic carbocycles. The molecule has 3 aromatic carbocycles. The Labute approximate surface area is 219 Å². The van der Waals surface area contributed by atoms with Crippen molar-refractivity contribution in [2.45, 2.75) is 50.7 Å². The molecule has 0 spiro atoms. The van der Waals surface area contributed by atoms with Gasteiger partial charge in [-0.2, -0.15) is 4.31 Å². The van der Waals surface area contributed by atoms with Crippen LogP contribution in [0.3, 0.4) is 0 Å². The van der Waals surface area contributed by atoms with Crippen LogP contribution in [0.5, 0.6) is 5.75 Å². The second-order valence-electron chi connectivity index (χ2n) is 10.1. The molecule has 0 saturated heterocycles. The molecule has 8 nitrogen and oxygen atoms in total. The topological polar surface area (TPSA) is 96.0 Å². The quantitative estimate of drug-likeness (QED) is 0.459. The number of benzene rings is 3. The summed E-state index contributed by atoms with van der Waals surface area (Å²) in [6.45, 7) is 6.89. The Morgan fingerprint density at radius 3 is 2.30 bits per heavy atom. The van der Waals surface area contributed by atoms with Crippen molar-refractivity contribution in [1.29, 1.82) is 0 Å². The molecular formula is C28H35N3O5S. The van der Waals surface area contributed by atoms with Crippen molar-refractivity contribution in [3.8, 4) is 5.75 Å². The molecule has 0 fully saturated rings. The van der Waals surface area contributed by atoms with Gasteiger partial charge in [-0.25, -0.2) is 8.42 Å². The van der Waals surface area contributed by atoms with Crippen LogP contribution in [0.15, 0.2) is 71.6 Å². The van der Waals surface area contributed by atoms with Gasteiger partial charge in [-0.05, 0) is 68.3 Å². The van der Waals surface area contributed by atoms with Crippen LogP contribution in [0.25, 0.3) is 10.8 Å². The first-order chi connectivity index (χ1) is 17.3. The molecule has 37 heavy (non-hydrogen) atoms. The first-order valence-electron chi connectivity index (χ1n) is 12.0. The third-order valence-electron chi connectivity index (χ3n) is 5.94. The zero-order chi connectivity index (χ0) is 27.4. The van der Waals surface area contributed by atoms with Gasteiger partial charge in [0.25, 0.3) is 0 Å². The van der Waals surface area contributed by atoms with Crippen LogP contribution < -0.4 is 10.1 Å². The minimum atomic E-state index is -3.95. The number of amides is 2. The van der Waals surface area contributed by atoms with Crippen molar-refractivity contribution in [1.82, 2.24) is 14.5 Å². The molecule has 0 saturated carbocycles. The number of methoxy groups -OCH3 is 1. The Morgan fingerprint density at radius 1 is 0.973 bits per heavy atom. The van der Waals surface area contributed by atoms with E-state index in [9.17, 15) is 18.0 Å².